The topological polar surface area (TPSA) is 130 Å². The molecule has 0 spiro atoms. The van der Waals surface area contributed by atoms with Crippen LogP contribution in [0.5, 0.6) is 0 Å². The maximum absolute atomic E-state index is 12.2. The number of ether oxygens (including phenoxy) is 1. The Balaban J connectivity index is 0.000000480. The van der Waals surface area contributed by atoms with E-state index in [2.05, 4.69) is 0 Å². The lowest BCUT2D eigenvalue weighted by atomic mass is 10.2. The largest absolute Gasteiger partial charge is 0.490 e. The highest BCUT2D eigenvalue weighted by atomic mass is 19.4. The molecule has 0 aliphatic carbocycles. The first kappa shape index (κ1) is 23.4. The van der Waals surface area contributed by atoms with Gasteiger partial charge in [-0.25, -0.2) is 9.59 Å². The molecule has 1 saturated heterocycles. The zero-order valence-corrected chi connectivity index (χ0v) is 14.8. The van der Waals surface area contributed by atoms with Gasteiger partial charge in [-0.2, -0.15) is 13.2 Å². The molecule has 0 aromatic heterocycles. The first-order valence-electron chi connectivity index (χ1n) is 8.24. The molecule has 1 aliphatic heterocycles. The normalized spacial score (nSPS) is 17.4. The molecule has 1 amide bonds. The van der Waals surface area contributed by atoms with E-state index in [9.17, 15) is 22.8 Å². The van der Waals surface area contributed by atoms with Gasteiger partial charge in [0.2, 0.25) is 5.91 Å². The second-order valence-corrected chi connectivity index (χ2v) is 5.94. The molecule has 2 rings (SSSR count). The lowest BCUT2D eigenvalue weighted by Crippen LogP contribution is -2.50. The van der Waals surface area contributed by atoms with Crippen LogP contribution in [-0.4, -0.2) is 64.4 Å². The van der Waals surface area contributed by atoms with E-state index in [1.165, 1.54) is 4.90 Å². The number of nitrogens with zero attached hydrogens (tertiary/aromatic N) is 1. The molecule has 1 aliphatic rings. The van der Waals surface area contributed by atoms with Gasteiger partial charge in [0.25, 0.3) is 0 Å². The summed E-state index contributed by atoms with van der Waals surface area (Å²) in [5, 5.41) is 16.2. The number of hydrogen-bond donors (Lipinski definition) is 3. The van der Waals surface area contributed by atoms with Crippen LogP contribution in [0.1, 0.15) is 18.4 Å². The van der Waals surface area contributed by atoms with E-state index in [1.807, 2.05) is 30.3 Å². The number of carbonyl (C=O) groups is 3. The third-order valence-electron chi connectivity index (χ3n) is 3.79. The number of amides is 1. The highest BCUT2D eigenvalue weighted by Crippen LogP contribution is 2.18. The van der Waals surface area contributed by atoms with Crippen molar-refractivity contribution in [1.29, 1.82) is 0 Å². The van der Waals surface area contributed by atoms with Gasteiger partial charge in [0, 0.05) is 6.54 Å². The fraction of sp³-hybridized carbons (Fsp3) is 0.471. The number of carboxylic acid groups (broad SMARTS) is 2. The Morgan fingerprint density at radius 2 is 1.79 bits per heavy atom. The number of carboxylic acids is 2. The van der Waals surface area contributed by atoms with Crippen molar-refractivity contribution in [2.75, 3.05) is 13.2 Å². The highest BCUT2D eigenvalue weighted by molar-refractivity contribution is 5.87. The van der Waals surface area contributed by atoms with Gasteiger partial charge in [-0.05, 0) is 18.4 Å². The predicted octanol–water partition coefficient (Wildman–Crippen LogP) is 1.24. The predicted molar refractivity (Wildman–Crippen MR) is 90.1 cm³/mol. The molecule has 0 saturated carbocycles. The van der Waals surface area contributed by atoms with E-state index in [-0.39, 0.29) is 12.5 Å². The zero-order chi connectivity index (χ0) is 21.3. The van der Waals surface area contributed by atoms with E-state index in [0.29, 0.717) is 26.0 Å². The first-order valence-corrected chi connectivity index (χ1v) is 8.24. The summed E-state index contributed by atoms with van der Waals surface area (Å²) in [4.78, 5) is 33.5. The van der Waals surface area contributed by atoms with Gasteiger partial charge >= 0.3 is 18.1 Å². The van der Waals surface area contributed by atoms with Gasteiger partial charge in [0.1, 0.15) is 12.1 Å². The molecule has 156 valence electrons. The lowest BCUT2D eigenvalue weighted by molar-refractivity contribution is -0.192. The van der Waals surface area contributed by atoms with Gasteiger partial charge in [0.05, 0.1) is 13.2 Å². The summed E-state index contributed by atoms with van der Waals surface area (Å²) in [5.41, 5.74) is 6.82. The molecule has 1 fully saturated rings. The fourth-order valence-corrected chi connectivity index (χ4v) is 2.45. The van der Waals surface area contributed by atoms with Crippen molar-refractivity contribution in [3.05, 3.63) is 35.9 Å². The summed E-state index contributed by atoms with van der Waals surface area (Å²) in [6.45, 7) is 0.906. The van der Waals surface area contributed by atoms with Gasteiger partial charge in [-0.3, -0.25) is 4.79 Å². The van der Waals surface area contributed by atoms with E-state index in [0.717, 1.165) is 5.56 Å². The van der Waals surface area contributed by atoms with Crippen molar-refractivity contribution in [2.24, 2.45) is 5.73 Å². The van der Waals surface area contributed by atoms with Crippen LogP contribution in [0.25, 0.3) is 0 Å². The molecule has 0 bridgehead atoms. The van der Waals surface area contributed by atoms with E-state index in [1.54, 1.807) is 0 Å². The van der Waals surface area contributed by atoms with Gasteiger partial charge in [-0.1, -0.05) is 30.3 Å². The Hall–Kier alpha value is -2.66. The van der Waals surface area contributed by atoms with Gasteiger partial charge < -0.3 is 25.6 Å². The second-order valence-electron chi connectivity index (χ2n) is 5.94. The van der Waals surface area contributed by atoms with Crippen LogP contribution < -0.4 is 5.73 Å². The Morgan fingerprint density at radius 3 is 2.29 bits per heavy atom. The van der Waals surface area contributed by atoms with Gasteiger partial charge in [0.15, 0.2) is 0 Å². The Labute approximate surface area is 158 Å². The number of aliphatic carboxylic acids is 2. The van der Waals surface area contributed by atoms with Crippen LogP contribution in [0.15, 0.2) is 30.3 Å². The molecule has 28 heavy (non-hydrogen) atoms. The number of nitrogens with two attached hydrogens (primary N) is 1. The number of halogens is 3. The average Bonchev–Trinajstić information content (AvgIpc) is 3.11. The van der Waals surface area contributed by atoms with Crippen LogP contribution in [0.4, 0.5) is 13.2 Å². The van der Waals surface area contributed by atoms with E-state index in [4.69, 9.17) is 25.5 Å². The van der Waals surface area contributed by atoms with Crippen LogP contribution in [-0.2, 0) is 25.7 Å². The van der Waals surface area contributed by atoms with Crippen LogP contribution in [0.2, 0.25) is 0 Å². The van der Waals surface area contributed by atoms with Crippen LogP contribution >= 0.6 is 0 Å². The smallest absolute Gasteiger partial charge is 0.480 e. The average molecular weight is 406 g/mol. The number of rotatable bonds is 6. The molecule has 2 atom stereocenters. The zero-order valence-electron chi connectivity index (χ0n) is 14.8. The molecule has 4 N–H and O–H groups in total. The monoisotopic (exact) mass is 406 g/mol. The second kappa shape index (κ2) is 10.6. The van der Waals surface area contributed by atoms with Crippen molar-refractivity contribution in [1.82, 2.24) is 4.90 Å². The van der Waals surface area contributed by atoms with Crippen molar-refractivity contribution in [3.8, 4) is 0 Å². The summed E-state index contributed by atoms with van der Waals surface area (Å²) in [6.07, 6.45) is -3.90. The third-order valence-corrected chi connectivity index (χ3v) is 3.79. The highest BCUT2D eigenvalue weighted by Gasteiger charge is 2.38. The standard InChI is InChI=1S/C15H20N2O4.C2HF3O2/c16-12(10-21-9-11-5-2-1-3-6-11)14(18)17-8-4-7-13(17)15(19)20;3-2(4,5)1(6)7/h1-3,5-6,12-13H,4,7-10,16H2,(H,19,20);(H,6,7). The Morgan fingerprint density at radius 1 is 1.21 bits per heavy atom. The quantitative estimate of drug-likeness (QED) is 0.648. The minimum absolute atomic E-state index is 0.0799. The van der Waals surface area contributed by atoms with Crippen molar-refractivity contribution in [2.45, 2.75) is 37.7 Å². The number of likely N-dealkylation sites (tertiary alicyclic amines) is 1. The molecular weight excluding hydrogens is 385 g/mol. The fourth-order valence-electron chi connectivity index (χ4n) is 2.45. The molecule has 1 aromatic rings. The molecule has 1 heterocycles. The summed E-state index contributed by atoms with van der Waals surface area (Å²) in [5.74, 6) is -4.08. The summed E-state index contributed by atoms with van der Waals surface area (Å²) in [6, 6.07) is 8.00. The Kier molecular flexibility index (Phi) is 8.86. The number of hydrogen-bond acceptors (Lipinski definition) is 5. The lowest BCUT2D eigenvalue weighted by Gasteiger charge is -2.24. The van der Waals surface area contributed by atoms with Crippen molar-refractivity contribution in [3.63, 3.8) is 0 Å². The third kappa shape index (κ3) is 7.53. The molecule has 8 nitrogen and oxygen atoms in total. The van der Waals surface area contributed by atoms with Crippen molar-refractivity contribution < 1.29 is 42.5 Å². The maximum Gasteiger partial charge on any atom is 0.490 e. The van der Waals surface area contributed by atoms with Crippen molar-refractivity contribution >= 4 is 17.8 Å². The van der Waals surface area contributed by atoms with E-state index >= 15 is 0 Å². The number of carbonyl (C=O) groups excluding carboxylic acids is 1. The summed E-state index contributed by atoms with van der Waals surface area (Å²) < 4.78 is 37.2. The first-order chi connectivity index (χ1) is 13.0. The number of benzene rings is 1. The minimum atomic E-state index is -5.08. The Bertz CT molecular complexity index is 669. The molecule has 2 unspecified atom stereocenters. The van der Waals surface area contributed by atoms with Crippen LogP contribution in [0, 0.1) is 0 Å². The molecule has 11 heteroatoms. The molecule has 1 aromatic carbocycles. The number of alkyl halides is 3. The van der Waals surface area contributed by atoms with Crippen LogP contribution in [0.3, 0.4) is 0 Å². The summed E-state index contributed by atoms with van der Waals surface area (Å²) in [7, 11) is 0. The molecular formula is C17H21F3N2O6. The molecule has 0 radical (unpaired) electrons. The van der Waals surface area contributed by atoms with E-state index < -0.39 is 30.2 Å². The SMILES string of the molecule is NC(COCc1ccccc1)C(=O)N1CCCC1C(=O)O.O=C(O)C(F)(F)F. The van der Waals surface area contributed by atoms with Gasteiger partial charge in [-0.15, -0.1) is 0 Å². The maximum atomic E-state index is 12.2. The summed E-state index contributed by atoms with van der Waals surface area (Å²) >= 11 is 0. The minimum Gasteiger partial charge on any atom is -0.480 e.